The van der Waals surface area contributed by atoms with Crippen LogP contribution in [0.2, 0.25) is 0 Å². The molecular weight excluding hydrogens is 358 g/mol. The fourth-order valence-corrected chi connectivity index (χ4v) is 3.67. The van der Waals surface area contributed by atoms with E-state index >= 15 is 0 Å². The van der Waals surface area contributed by atoms with Gasteiger partial charge in [-0.15, -0.1) is 24.2 Å². The van der Waals surface area contributed by atoms with Crippen molar-refractivity contribution in [2.75, 3.05) is 25.4 Å². The lowest BCUT2D eigenvalue weighted by Gasteiger charge is -2.23. The van der Waals surface area contributed by atoms with Gasteiger partial charge < -0.3 is 16.0 Å². The van der Waals surface area contributed by atoms with Crippen molar-refractivity contribution < 1.29 is 9.59 Å². The number of amides is 2. The fraction of sp³-hybridized carbons (Fsp3) is 0.556. The van der Waals surface area contributed by atoms with Crippen LogP contribution in [-0.4, -0.2) is 48.1 Å². The topological polar surface area (TPSA) is 75.4 Å². The third-order valence-electron chi connectivity index (χ3n) is 4.26. The zero-order valence-electron chi connectivity index (χ0n) is 15.1. The molecule has 1 aromatic rings. The molecule has 0 aliphatic carbocycles. The summed E-state index contributed by atoms with van der Waals surface area (Å²) < 4.78 is 0. The predicted octanol–water partition coefficient (Wildman–Crippen LogP) is 2.54. The Labute approximate surface area is 160 Å². The van der Waals surface area contributed by atoms with Crippen LogP contribution in [0.15, 0.2) is 29.2 Å². The summed E-state index contributed by atoms with van der Waals surface area (Å²) in [4.78, 5) is 27.4. The minimum Gasteiger partial charge on any atom is -0.353 e. The first kappa shape index (κ1) is 21.8. The maximum Gasteiger partial charge on any atom is 0.255 e. The third-order valence-corrected chi connectivity index (χ3v) is 5.34. The normalized spacial score (nSPS) is 19.6. The van der Waals surface area contributed by atoms with Crippen molar-refractivity contribution in [1.82, 2.24) is 10.2 Å². The van der Waals surface area contributed by atoms with Crippen LogP contribution in [0, 0.1) is 5.41 Å². The second-order valence-corrected chi connectivity index (χ2v) is 8.02. The summed E-state index contributed by atoms with van der Waals surface area (Å²) in [6, 6.07) is 7.62. The summed E-state index contributed by atoms with van der Waals surface area (Å²) in [6.07, 6.45) is 0.932. The number of thioether (sulfide) groups is 1. The van der Waals surface area contributed by atoms with Gasteiger partial charge in [-0.3, -0.25) is 9.59 Å². The molecule has 140 valence electrons. The van der Waals surface area contributed by atoms with E-state index in [2.05, 4.69) is 12.2 Å². The number of likely N-dealkylation sites (tertiary alicyclic amines) is 1. The van der Waals surface area contributed by atoms with Gasteiger partial charge in [0.05, 0.1) is 11.3 Å². The standard InChI is InChI=1S/C18H27N3O2S.ClH/c1-13(2)20-16(22)10-24-15-7-5-4-6-14(15)17(23)21-9-8-18(3,11-19)12-21;/h4-7,13H,8-12,19H2,1-3H3,(H,20,22);1H. The molecular formula is C18H28ClN3O2S. The van der Waals surface area contributed by atoms with Crippen LogP contribution in [0.5, 0.6) is 0 Å². The van der Waals surface area contributed by atoms with E-state index in [1.165, 1.54) is 11.8 Å². The number of hydrogen-bond donors (Lipinski definition) is 2. The number of hydrogen-bond acceptors (Lipinski definition) is 4. The Morgan fingerprint density at radius 1 is 1.36 bits per heavy atom. The van der Waals surface area contributed by atoms with Gasteiger partial charge in [0.15, 0.2) is 0 Å². The van der Waals surface area contributed by atoms with E-state index in [4.69, 9.17) is 5.73 Å². The number of nitrogens with two attached hydrogens (primary N) is 1. The van der Waals surface area contributed by atoms with Crippen molar-refractivity contribution in [2.24, 2.45) is 11.1 Å². The zero-order valence-corrected chi connectivity index (χ0v) is 16.7. The predicted molar refractivity (Wildman–Crippen MR) is 105 cm³/mol. The quantitative estimate of drug-likeness (QED) is 0.738. The van der Waals surface area contributed by atoms with Gasteiger partial charge in [-0.2, -0.15) is 0 Å². The molecule has 5 nitrogen and oxygen atoms in total. The minimum atomic E-state index is -0.0193. The van der Waals surface area contributed by atoms with Gasteiger partial charge in [0, 0.05) is 24.0 Å². The van der Waals surface area contributed by atoms with E-state index in [-0.39, 0.29) is 35.7 Å². The van der Waals surface area contributed by atoms with Crippen LogP contribution in [0.3, 0.4) is 0 Å². The Balaban J connectivity index is 0.00000312. The molecule has 1 saturated heterocycles. The molecule has 1 unspecified atom stereocenters. The van der Waals surface area contributed by atoms with Crippen LogP contribution in [0.4, 0.5) is 0 Å². The maximum absolute atomic E-state index is 12.9. The van der Waals surface area contributed by atoms with Crippen LogP contribution in [-0.2, 0) is 4.79 Å². The van der Waals surface area contributed by atoms with Crippen molar-refractivity contribution in [3.8, 4) is 0 Å². The zero-order chi connectivity index (χ0) is 17.7. The molecule has 25 heavy (non-hydrogen) atoms. The average molecular weight is 386 g/mol. The van der Waals surface area contributed by atoms with Gasteiger partial charge >= 0.3 is 0 Å². The highest BCUT2D eigenvalue weighted by atomic mass is 35.5. The Morgan fingerprint density at radius 2 is 2.04 bits per heavy atom. The van der Waals surface area contributed by atoms with Crippen LogP contribution in [0.25, 0.3) is 0 Å². The molecule has 1 aliphatic heterocycles. The molecule has 0 aromatic heterocycles. The molecule has 2 amide bonds. The molecule has 1 atom stereocenters. The van der Waals surface area contributed by atoms with E-state index in [1.807, 2.05) is 43.0 Å². The van der Waals surface area contributed by atoms with Crippen LogP contribution in [0.1, 0.15) is 37.6 Å². The molecule has 1 aliphatic rings. The Morgan fingerprint density at radius 3 is 2.64 bits per heavy atom. The third kappa shape index (κ3) is 5.90. The number of carbonyl (C=O) groups is 2. The molecule has 0 bridgehead atoms. The SMILES string of the molecule is CC(C)NC(=O)CSc1ccccc1C(=O)N1CCC(C)(CN)C1.Cl. The second kappa shape index (κ2) is 9.46. The summed E-state index contributed by atoms with van der Waals surface area (Å²) >= 11 is 1.41. The number of nitrogens with one attached hydrogen (secondary N) is 1. The molecule has 1 fully saturated rings. The second-order valence-electron chi connectivity index (χ2n) is 7.00. The van der Waals surface area contributed by atoms with Crippen molar-refractivity contribution in [2.45, 2.75) is 38.1 Å². The van der Waals surface area contributed by atoms with Crippen molar-refractivity contribution in [3.05, 3.63) is 29.8 Å². The largest absolute Gasteiger partial charge is 0.353 e. The first-order valence-electron chi connectivity index (χ1n) is 8.35. The molecule has 3 N–H and O–H groups in total. The first-order valence-corrected chi connectivity index (χ1v) is 9.34. The van der Waals surface area contributed by atoms with Crippen LogP contribution >= 0.6 is 24.2 Å². The summed E-state index contributed by atoms with van der Waals surface area (Å²) in [5.41, 5.74) is 6.51. The number of carbonyl (C=O) groups excluding carboxylic acids is 2. The molecule has 0 spiro atoms. The molecule has 2 rings (SSSR count). The Hall–Kier alpha value is -1.24. The number of halogens is 1. The molecule has 0 radical (unpaired) electrons. The van der Waals surface area contributed by atoms with Gasteiger partial charge in [-0.1, -0.05) is 19.1 Å². The highest BCUT2D eigenvalue weighted by Crippen LogP contribution is 2.31. The minimum absolute atomic E-state index is 0. The average Bonchev–Trinajstić information content (AvgIpc) is 2.95. The van der Waals surface area contributed by atoms with E-state index in [0.717, 1.165) is 17.9 Å². The van der Waals surface area contributed by atoms with Crippen LogP contribution < -0.4 is 11.1 Å². The number of benzene rings is 1. The molecule has 7 heteroatoms. The van der Waals surface area contributed by atoms with E-state index in [1.54, 1.807) is 0 Å². The van der Waals surface area contributed by atoms with E-state index in [0.29, 0.717) is 24.4 Å². The van der Waals surface area contributed by atoms with E-state index < -0.39 is 0 Å². The van der Waals surface area contributed by atoms with Crippen molar-refractivity contribution in [1.29, 1.82) is 0 Å². The van der Waals surface area contributed by atoms with Gasteiger partial charge in [-0.05, 0) is 44.4 Å². The number of nitrogens with zero attached hydrogens (tertiary/aromatic N) is 1. The maximum atomic E-state index is 12.9. The Kier molecular flexibility index (Phi) is 8.25. The Bertz CT molecular complexity index is 612. The van der Waals surface area contributed by atoms with Gasteiger partial charge in [0.2, 0.25) is 5.91 Å². The summed E-state index contributed by atoms with van der Waals surface area (Å²) in [6.45, 7) is 8.00. The first-order chi connectivity index (χ1) is 11.3. The van der Waals surface area contributed by atoms with Gasteiger partial charge in [0.1, 0.15) is 0 Å². The lowest BCUT2D eigenvalue weighted by atomic mass is 9.90. The molecule has 0 saturated carbocycles. The molecule has 1 heterocycles. The summed E-state index contributed by atoms with van der Waals surface area (Å²) in [5.74, 6) is 0.317. The smallest absolute Gasteiger partial charge is 0.255 e. The lowest BCUT2D eigenvalue weighted by Crippen LogP contribution is -2.34. The van der Waals surface area contributed by atoms with Crippen molar-refractivity contribution in [3.63, 3.8) is 0 Å². The van der Waals surface area contributed by atoms with E-state index in [9.17, 15) is 9.59 Å². The summed E-state index contributed by atoms with van der Waals surface area (Å²) in [7, 11) is 0. The monoisotopic (exact) mass is 385 g/mol. The summed E-state index contributed by atoms with van der Waals surface area (Å²) in [5, 5.41) is 2.87. The fourth-order valence-electron chi connectivity index (χ4n) is 2.81. The highest BCUT2D eigenvalue weighted by Gasteiger charge is 2.35. The molecule has 1 aromatic carbocycles. The van der Waals surface area contributed by atoms with Crippen molar-refractivity contribution >= 4 is 36.0 Å². The number of rotatable bonds is 6. The van der Waals surface area contributed by atoms with Gasteiger partial charge in [0.25, 0.3) is 5.91 Å². The van der Waals surface area contributed by atoms with Gasteiger partial charge in [-0.25, -0.2) is 0 Å². The lowest BCUT2D eigenvalue weighted by molar-refractivity contribution is -0.119. The highest BCUT2D eigenvalue weighted by molar-refractivity contribution is 8.00.